The summed E-state index contributed by atoms with van der Waals surface area (Å²) in [6.07, 6.45) is 1.77. The van der Waals surface area contributed by atoms with Gasteiger partial charge in [-0.1, -0.05) is 31.4 Å². The van der Waals surface area contributed by atoms with Crippen LogP contribution in [0.5, 0.6) is 5.75 Å². The SMILES string of the molecule is Cc1cc(SCc2cc(-c3ccc(C(F)(F)F)cc3)oc2CN(C)C2CCCCC2)ccc1O. The van der Waals surface area contributed by atoms with Gasteiger partial charge in [-0.2, -0.15) is 13.2 Å². The first-order valence-electron chi connectivity index (χ1n) is 11.6. The molecule has 7 heteroatoms. The van der Waals surface area contributed by atoms with E-state index in [4.69, 9.17) is 4.42 Å². The first-order valence-corrected chi connectivity index (χ1v) is 12.6. The number of benzene rings is 2. The van der Waals surface area contributed by atoms with E-state index in [0.717, 1.165) is 33.9 Å². The lowest BCUT2D eigenvalue weighted by atomic mass is 9.94. The molecule has 0 spiro atoms. The molecule has 182 valence electrons. The molecule has 0 radical (unpaired) electrons. The van der Waals surface area contributed by atoms with Gasteiger partial charge in [0.2, 0.25) is 0 Å². The topological polar surface area (TPSA) is 36.6 Å². The van der Waals surface area contributed by atoms with Crippen molar-refractivity contribution in [3.05, 3.63) is 71.0 Å². The summed E-state index contributed by atoms with van der Waals surface area (Å²) in [6.45, 7) is 2.53. The monoisotopic (exact) mass is 489 g/mol. The van der Waals surface area contributed by atoms with Gasteiger partial charge < -0.3 is 9.52 Å². The Morgan fingerprint density at radius 2 is 1.74 bits per heavy atom. The number of nitrogens with zero attached hydrogens (tertiary/aromatic N) is 1. The Kier molecular flexibility index (Phi) is 7.63. The lowest BCUT2D eigenvalue weighted by Gasteiger charge is -2.30. The smallest absolute Gasteiger partial charge is 0.416 e. The molecule has 0 saturated heterocycles. The van der Waals surface area contributed by atoms with Crippen molar-refractivity contribution in [2.45, 2.75) is 68.4 Å². The summed E-state index contributed by atoms with van der Waals surface area (Å²) in [5.41, 5.74) is 1.82. The highest BCUT2D eigenvalue weighted by Gasteiger charge is 2.30. The predicted octanol–water partition coefficient (Wildman–Crippen LogP) is 8.04. The third-order valence-corrected chi connectivity index (χ3v) is 7.59. The Balaban J connectivity index is 1.57. The van der Waals surface area contributed by atoms with E-state index in [1.54, 1.807) is 17.8 Å². The number of hydrogen-bond donors (Lipinski definition) is 1. The Bertz CT molecular complexity index is 1100. The Morgan fingerprint density at radius 1 is 1.03 bits per heavy atom. The van der Waals surface area contributed by atoms with Gasteiger partial charge >= 0.3 is 6.18 Å². The van der Waals surface area contributed by atoms with Crippen molar-refractivity contribution in [3.8, 4) is 17.1 Å². The normalized spacial score (nSPS) is 15.2. The van der Waals surface area contributed by atoms with Crippen LogP contribution in [0, 0.1) is 6.92 Å². The number of phenols is 1. The van der Waals surface area contributed by atoms with Crippen LogP contribution in [0.1, 0.15) is 54.6 Å². The highest BCUT2D eigenvalue weighted by Crippen LogP contribution is 2.35. The summed E-state index contributed by atoms with van der Waals surface area (Å²) in [5.74, 6) is 2.37. The van der Waals surface area contributed by atoms with Crippen molar-refractivity contribution in [1.82, 2.24) is 4.90 Å². The molecule has 34 heavy (non-hydrogen) atoms. The van der Waals surface area contributed by atoms with E-state index in [2.05, 4.69) is 11.9 Å². The van der Waals surface area contributed by atoms with Gasteiger partial charge in [0.1, 0.15) is 17.3 Å². The largest absolute Gasteiger partial charge is 0.508 e. The van der Waals surface area contributed by atoms with Crippen LogP contribution in [-0.2, 0) is 18.5 Å². The highest BCUT2D eigenvalue weighted by atomic mass is 32.2. The minimum Gasteiger partial charge on any atom is -0.508 e. The molecule has 1 aliphatic rings. The van der Waals surface area contributed by atoms with Gasteiger partial charge in [-0.3, -0.25) is 4.90 Å². The van der Waals surface area contributed by atoms with Gasteiger partial charge in [0, 0.05) is 27.8 Å². The van der Waals surface area contributed by atoms with Crippen LogP contribution in [0.15, 0.2) is 57.8 Å². The molecule has 1 saturated carbocycles. The minimum absolute atomic E-state index is 0.270. The molecule has 3 nitrogen and oxygen atoms in total. The third kappa shape index (κ3) is 5.99. The lowest BCUT2D eigenvalue weighted by Crippen LogP contribution is -2.32. The molecule has 1 N–H and O–H groups in total. The number of hydrogen-bond acceptors (Lipinski definition) is 4. The summed E-state index contributed by atoms with van der Waals surface area (Å²) >= 11 is 1.65. The number of aromatic hydroxyl groups is 1. The first kappa shape index (κ1) is 24.7. The third-order valence-electron chi connectivity index (χ3n) is 6.55. The summed E-state index contributed by atoms with van der Waals surface area (Å²) < 4.78 is 45.2. The fourth-order valence-electron chi connectivity index (χ4n) is 4.44. The van der Waals surface area contributed by atoms with Crippen LogP contribution in [0.3, 0.4) is 0 Å². The molecule has 0 bridgehead atoms. The molecule has 3 aromatic rings. The second-order valence-electron chi connectivity index (χ2n) is 9.08. The number of rotatable bonds is 7. The fourth-order valence-corrected chi connectivity index (χ4v) is 5.44. The molecule has 0 amide bonds. The Morgan fingerprint density at radius 3 is 2.38 bits per heavy atom. The number of thioether (sulfide) groups is 1. The maximum absolute atomic E-state index is 13.0. The Labute approximate surface area is 203 Å². The van der Waals surface area contributed by atoms with E-state index in [1.165, 1.54) is 44.2 Å². The number of aryl methyl sites for hydroxylation is 1. The van der Waals surface area contributed by atoms with E-state index >= 15 is 0 Å². The first-order chi connectivity index (χ1) is 16.2. The van der Waals surface area contributed by atoms with Gasteiger partial charge in [0.05, 0.1) is 12.1 Å². The maximum Gasteiger partial charge on any atom is 0.416 e. The molecule has 4 rings (SSSR count). The summed E-state index contributed by atoms with van der Waals surface area (Å²) in [7, 11) is 2.12. The average molecular weight is 490 g/mol. The van der Waals surface area contributed by atoms with Crippen LogP contribution in [0.25, 0.3) is 11.3 Å². The standard InChI is InChI=1S/C27H30F3NO2S/c1-18-14-23(12-13-24(18)32)34-17-20-15-25(19-8-10-21(11-9-19)27(28,29)30)33-26(20)16-31(2)22-6-4-3-5-7-22/h8-15,22,32H,3-7,16-17H2,1-2H3. The average Bonchev–Trinajstić information content (AvgIpc) is 3.22. The molecule has 1 aliphatic carbocycles. The van der Waals surface area contributed by atoms with Gasteiger partial charge in [0.25, 0.3) is 0 Å². The second kappa shape index (κ2) is 10.5. The second-order valence-corrected chi connectivity index (χ2v) is 10.1. The van der Waals surface area contributed by atoms with Crippen LogP contribution >= 0.6 is 11.8 Å². The van der Waals surface area contributed by atoms with Crippen LogP contribution in [0.2, 0.25) is 0 Å². The quantitative estimate of drug-likeness (QED) is 0.341. The Hall–Kier alpha value is -2.38. The van der Waals surface area contributed by atoms with E-state index in [9.17, 15) is 18.3 Å². The summed E-state index contributed by atoms with van der Waals surface area (Å²) in [4.78, 5) is 3.38. The zero-order valence-corrected chi connectivity index (χ0v) is 20.3. The minimum atomic E-state index is -4.36. The van der Waals surface area contributed by atoms with Crippen molar-refractivity contribution >= 4 is 11.8 Å². The van der Waals surface area contributed by atoms with Crippen molar-refractivity contribution in [2.75, 3.05) is 7.05 Å². The van der Waals surface area contributed by atoms with Gasteiger partial charge in [-0.05, 0) is 68.8 Å². The van der Waals surface area contributed by atoms with Crippen LogP contribution < -0.4 is 0 Å². The van der Waals surface area contributed by atoms with Crippen molar-refractivity contribution in [3.63, 3.8) is 0 Å². The number of halogens is 3. The van der Waals surface area contributed by atoms with Gasteiger partial charge in [0.15, 0.2) is 0 Å². The number of phenolic OH excluding ortho intramolecular Hbond substituents is 1. The van der Waals surface area contributed by atoms with Crippen molar-refractivity contribution in [1.29, 1.82) is 0 Å². The number of alkyl halides is 3. The summed E-state index contributed by atoms with van der Waals surface area (Å²) in [6, 6.07) is 13.1. The van der Waals surface area contributed by atoms with E-state index in [0.29, 0.717) is 29.7 Å². The predicted molar refractivity (Wildman–Crippen MR) is 130 cm³/mol. The van der Waals surface area contributed by atoms with Crippen molar-refractivity contribution in [2.24, 2.45) is 0 Å². The lowest BCUT2D eigenvalue weighted by molar-refractivity contribution is -0.137. The molecule has 0 atom stereocenters. The van der Waals surface area contributed by atoms with Gasteiger partial charge in [-0.15, -0.1) is 11.8 Å². The highest BCUT2D eigenvalue weighted by molar-refractivity contribution is 7.98. The van der Waals surface area contributed by atoms with Crippen molar-refractivity contribution < 1.29 is 22.7 Å². The van der Waals surface area contributed by atoms with E-state index < -0.39 is 11.7 Å². The maximum atomic E-state index is 13.0. The molecule has 0 unspecified atom stereocenters. The zero-order valence-electron chi connectivity index (χ0n) is 19.5. The molecule has 1 heterocycles. The van der Waals surface area contributed by atoms with E-state index in [1.807, 2.05) is 25.1 Å². The molecule has 1 aromatic heterocycles. The fraction of sp³-hybridized carbons (Fsp3) is 0.407. The molecule has 0 aliphatic heterocycles. The van der Waals surface area contributed by atoms with Crippen LogP contribution in [0.4, 0.5) is 13.2 Å². The van der Waals surface area contributed by atoms with Crippen LogP contribution in [-0.4, -0.2) is 23.1 Å². The molecular formula is C27H30F3NO2S. The molecule has 2 aromatic carbocycles. The molecule has 1 fully saturated rings. The summed E-state index contributed by atoms with van der Waals surface area (Å²) in [5, 5.41) is 9.79. The number of furan rings is 1. The van der Waals surface area contributed by atoms with Gasteiger partial charge in [-0.25, -0.2) is 0 Å². The molecular weight excluding hydrogens is 459 g/mol. The zero-order chi connectivity index (χ0) is 24.3. The van der Waals surface area contributed by atoms with E-state index in [-0.39, 0.29) is 5.75 Å².